The van der Waals surface area contributed by atoms with Gasteiger partial charge in [-0.3, -0.25) is 0 Å². The fraction of sp³-hybridized carbons (Fsp3) is 0.500. The second kappa shape index (κ2) is 5.92. The van der Waals surface area contributed by atoms with E-state index in [4.69, 9.17) is 16.3 Å². The molecule has 0 N–H and O–H groups in total. The molecule has 0 fully saturated rings. The van der Waals surface area contributed by atoms with Crippen LogP contribution in [0.2, 0.25) is 0 Å². The number of para-hydroxylation sites is 1. The van der Waals surface area contributed by atoms with Crippen LogP contribution in [0.1, 0.15) is 18.9 Å². The molecule has 2 heteroatoms. The molecule has 14 heavy (non-hydrogen) atoms. The first kappa shape index (κ1) is 11.4. The second-order valence-electron chi connectivity index (χ2n) is 3.61. The van der Waals surface area contributed by atoms with Gasteiger partial charge in [-0.1, -0.05) is 25.1 Å². The number of rotatable bonds is 5. The predicted molar refractivity (Wildman–Crippen MR) is 61.2 cm³/mol. The number of halogens is 1. The first-order chi connectivity index (χ1) is 6.77. The summed E-state index contributed by atoms with van der Waals surface area (Å²) in [5.74, 6) is 2.28. The summed E-state index contributed by atoms with van der Waals surface area (Å²) >= 11 is 5.76. The molecule has 0 aliphatic heterocycles. The average molecular weight is 213 g/mol. The van der Waals surface area contributed by atoms with Crippen LogP contribution in [-0.2, 0) is 6.42 Å². The maximum absolute atomic E-state index is 5.76. The van der Waals surface area contributed by atoms with Gasteiger partial charge in [-0.25, -0.2) is 0 Å². The fourth-order valence-electron chi connectivity index (χ4n) is 1.39. The molecule has 78 valence electrons. The monoisotopic (exact) mass is 212 g/mol. The minimum Gasteiger partial charge on any atom is -0.496 e. The van der Waals surface area contributed by atoms with Crippen molar-refractivity contribution >= 4 is 11.6 Å². The van der Waals surface area contributed by atoms with E-state index in [1.165, 1.54) is 5.56 Å². The Morgan fingerprint density at radius 2 is 2.07 bits per heavy atom. The molecular weight excluding hydrogens is 196 g/mol. The molecule has 1 nitrogen and oxygen atoms in total. The highest BCUT2D eigenvalue weighted by molar-refractivity contribution is 6.18. The van der Waals surface area contributed by atoms with Gasteiger partial charge in [0.05, 0.1) is 7.11 Å². The zero-order valence-electron chi connectivity index (χ0n) is 8.79. The van der Waals surface area contributed by atoms with Gasteiger partial charge in [0.2, 0.25) is 0 Å². The fourth-order valence-corrected chi connectivity index (χ4v) is 1.54. The topological polar surface area (TPSA) is 9.23 Å². The number of aryl methyl sites for hydroxylation is 1. The van der Waals surface area contributed by atoms with Gasteiger partial charge in [-0.2, -0.15) is 0 Å². The predicted octanol–water partition coefficient (Wildman–Crippen LogP) is 3.50. The maximum atomic E-state index is 5.76. The summed E-state index contributed by atoms with van der Waals surface area (Å²) < 4.78 is 5.28. The smallest absolute Gasteiger partial charge is 0.122 e. The van der Waals surface area contributed by atoms with Gasteiger partial charge in [0.15, 0.2) is 0 Å². The summed E-state index contributed by atoms with van der Waals surface area (Å²) in [7, 11) is 1.71. The van der Waals surface area contributed by atoms with E-state index in [1.54, 1.807) is 7.11 Å². The van der Waals surface area contributed by atoms with Crippen LogP contribution < -0.4 is 4.74 Å². The third-order valence-electron chi connectivity index (χ3n) is 2.36. The van der Waals surface area contributed by atoms with Crippen molar-refractivity contribution in [3.8, 4) is 5.75 Å². The lowest BCUT2D eigenvalue weighted by Crippen LogP contribution is -1.99. The highest BCUT2D eigenvalue weighted by atomic mass is 35.5. The third-order valence-corrected chi connectivity index (χ3v) is 2.89. The van der Waals surface area contributed by atoms with E-state index in [0.717, 1.165) is 24.5 Å². The summed E-state index contributed by atoms with van der Waals surface area (Å²) in [6.45, 7) is 2.17. The molecule has 1 aromatic rings. The molecule has 1 rings (SSSR count). The number of hydrogen-bond donors (Lipinski definition) is 0. The van der Waals surface area contributed by atoms with Gasteiger partial charge in [0.1, 0.15) is 5.75 Å². The van der Waals surface area contributed by atoms with Crippen LogP contribution in [-0.4, -0.2) is 13.0 Å². The Morgan fingerprint density at radius 1 is 1.36 bits per heavy atom. The minimum atomic E-state index is 0.571. The molecule has 0 spiro atoms. The van der Waals surface area contributed by atoms with E-state index in [-0.39, 0.29) is 0 Å². The van der Waals surface area contributed by atoms with E-state index in [9.17, 15) is 0 Å². The van der Waals surface area contributed by atoms with Crippen molar-refractivity contribution in [3.63, 3.8) is 0 Å². The standard InChI is InChI=1S/C12H17ClO/c1-10(9-13)7-8-11-5-3-4-6-12(11)14-2/h3-6,10H,7-9H2,1-2H3. The van der Waals surface area contributed by atoms with Crippen LogP contribution >= 0.6 is 11.6 Å². The van der Waals surface area contributed by atoms with Crippen LogP contribution in [0.5, 0.6) is 5.75 Å². The number of hydrogen-bond acceptors (Lipinski definition) is 1. The van der Waals surface area contributed by atoms with Gasteiger partial charge >= 0.3 is 0 Å². The van der Waals surface area contributed by atoms with E-state index in [0.29, 0.717) is 5.92 Å². The summed E-state index contributed by atoms with van der Waals surface area (Å²) in [5.41, 5.74) is 1.27. The maximum Gasteiger partial charge on any atom is 0.122 e. The molecule has 0 radical (unpaired) electrons. The average Bonchev–Trinajstić information content (AvgIpc) is 2.26. The lowest BCUT2D eigenvalue weighted by molar-refractivity contribution is 0.407. The van der Waals surface area contributed by atoms with Crippen molar-refractivity contribution in [1.82, 2.24) is 0 Å². The molecule has 0 aliphatic rings. The molecule has 1 atom stereocenters. The molecule has 0 amide bonds. The van der Waals surface area contributed by atoms with Crippen molar-refractivity contribution in [2.75, 3.05) is 13.0 Å². The summed E-state index contributed by atoms with van der Waals surface area (Å²) in [5, 5.41) is 0. The number of benzene rings is 1. The number of methoxy groups -OCH3 is 1. The molecule has 1 aromatic carbocycles. The zero-order chi connectivity index (χ0) is 10.4. The number of ether oxygens (including phenoxy) is 1. The quantitative estimate of drug-likeness (QED) is 0.679. The van der Waals surface area contributed by atoms with Gasteiger partial charge in [0.25, 0.3) is 0 Å². The normalized spacial score (nSPS) is 12.5. The first-order valence-electron chi connectivity index (χ1n) is 4.95. The van der Waals surface area contributed by atoms with Gasteiger partial charge in [-0.05, 0) is 30.4 Å². The molecule has 0 aromatic heterocycles. The van der Waals surface area contributed by atoms with Crippen molar-refractivity contribution in [1.29, 1.82) is 0 Å². The summed E-state index contributed by atoms with van der Waals surface area (Å²) in [6, 6.07) is 8.15. The highest BCUT2D eigenvalue weighted by Gasteiger charge is 2.04. The minimum absolute atomic E-state index is 0.571. The summed E-state index contributed by atoms with van der Waals surface area (Å²) in [6.07, 6.45) is 2.15. The van der Waals surface area contributed by atoms with Gasteiger partial charge in [0, 0.05) is 5.88 Å². The Kier molecular flexibility index (Phi) is 4.81. The van der Waals surface area contributed by atoms with E-state index >= 15 is 0 Å². The van der Waals surface area contributed by atoms with Crippen LogP contribution in [0, 0.1) is 5.92 Å². The van der Waals surface area contributed by atoms with Crippen molar-refractivity contribution in [2.24, 2.45) is 5.92 Å². The highest BCUT2D eigenvalue weighted by Crippen LogP contribution is 2.20. The van der Waals surface area contributed by atoms with Gasteiger partial charge < -0.3 is 4.74 Å². The Labute approximate surface area is 91.0 Å². The van der Waals surface area contributed by atoms with E-state index < -0.39 is 0 Å². The Morgan fingerprint density at radius 3 is 2.71 bits per heavy atom. The van der Waals surface area contributed by atoms with Crippen LogP contribution in [0.4, 0.5) is 0 Å². The molecular formula is C12H17ClO. The molecule has 0 saturated carbocycles. The van der Waals surface area contributed by atoms with E-state index in [2.05, 4.69) is 13.0 Å². The lowest BCUT2D eigenvalue weighted by atomic mass is 10.0. The molecule has 0 saturated heterocycles. The van der Waals surface area contributed by atoms with Crippen molar-refractivity contribution in [3.05, 3.63) is 29.8 Å². The Balaban J connectivity index is 2.57. The van der Waals surface area contributed by atoms with Crippen LogP contribution in [0.3, 0.4) is 0 Å². The Hall–Kier alpha value is -0.690. The van der Waals surface area contributed by atoms with Crippen molar-refractivity contribution < 1.29 is 4.74 Å². The largest absolute Gasteiger partial charge is 0.496 e. The third kappa shape index (κ3) is 3.22. The second-order valence-corrected chi connectivity index (χ2v) is 3.92. The molecule has 1 unspecified atom stereocenters. The Bertz CT molecular complexity index is 273. The van der Waals surface area contributed by atoms with Crippen LogP contribution in [0.15, 0.2) is 24.3 Å². The van der Waals surface area contributed by atoms with Crippen molar-refractivity contribution in [2.45, 2.75) is 19.8 Å². The lowest BCUT2D eigenvalue weighted by Gasteiger charge is -2.10. The summed E-state index contributed by atoms with van der Waals surface area (Å²) in [4.78, 5) is 0. The van der Waals surface area contributed by atoms with Crippen LogP contribution in [0.25, 0.3) is 0 Å². The zero-order valence-corrected chi connectivity index (χ0v) is 9.55. The SMILES string of the molecule is COc1ccccc1CCC(C)CCl. The first-order valence-corrected chi connectivity index (χ1v) is 5.49. The molecule has 0 bridgehead atoms. The molecule has 0 aliphatic carbocycles. The van der Waals surface area contributed by atoms with Gasteiger partial charge in [-0.15, -0.1) is 11.6 Å². The number of alkyl halides is 1. The molecule has 0 heterocycles. The van der Waals surface area contributed by atoms with E-state index in [1.807, 2.05) is 18.2 Å².